The fraction of sp³-hybridized carbons (Fsp3) is 1.00. The van der Waals surface area contributed by atoms with Crippen LogP contribution in [0.1, 0.15) is 6.92 Å². The number of rotatable bonds is 1. The summed E-state index contributed by atoms with van der Waals surface area (Å²) in [4.78, 5) is 0. The van der Waals surface area contributed by atoms with Gasteiger partial charge in [-0.2, -0.15) is 0 Å². The van der Waals surface area contributed by atoms with Gasteiger partial charge < -0.3 is 9.84 Å². The van der Waals surface area contributed by atoms with Crippen molar-refractivity contribution in [3.63, 3.8) is 0 Å². The molecule has 1 fully saturated rings. The van der Waals surface area contributed by atoms with E-state index in [0.717, 1.165) is 5.75 Å². The number of hydrogen-bond donors (Lipinski definition) is 1. The van der Waals surface area contributed by atoms with Crippen LogP contribution in [0.5, 0.6) is 0 Å². The first-order chi connectivity index (χ1) is 3.83. The molecular weight excluding hydrogens is 124 g/mol. The maximum absolute atomic E-state index is 8.54. The summed E-state index contributed by atoms with van der Waals surface area (Å²) in [7, 11) is 0. The topological polar surface area (TPSA) is 29.5 Å². The first kappa shape index (κ1) is 6.39. The molecule has 0 spiro atoms. The Labute approximate surface area is 53.2 Å². The number of aliphatic hydroxyl groups excluding tert-OH is 1. The molecule has 0 radical (unpaired) electrons. The third-order valence-electron chi connectivity index (χ3n) is 1.05. The summed E-state index contributed by atoms with van der Waals surface area (Å²) in [6.07, 6.45) is 0.331. The van der Waals surface area contributed by atoms with Crippen LogP contribution in [-0.4, -0.2) is 29.0 Å². The van der Waals surface area contributed by atoms with Gasteiger partial charge in [0.15, 0.2) is 0 Å². The van der Waals surface area contributed by atoms with Crippen molar-refractivity contribution < 1.29 is 9.84 Å². The molecule has 1 aliphatic rings. The van der Waals surface area contributed by atoms with Gasteiger partial charge in [-0.1, -0.05) is 0 Å². The summed E-state index contributed by atoms with van der Waals surface area (Å²) < 4.78 is 5.22. The van der Waals surface area contributed by atoms with Crippen LogP contribution < -0.4 is 0 Å². The van der Waals surface area contributed by atoms with E-state index in [2.05, 4.69) is 0 Å². The fourth-order valence-electron chi connectivity index (χ4n) is 0.676. The van der Waals surface area contributed by atoms with Crippen LogP contribution in [0, 0.1) is 0 Å². The third kappa shape index (κ3) is 1.37. The Morgan fingerprint density at radius 3 is 2.88 bits per heavy atom. The van der Waals surface area contributed by atoms with Crippen molar-refractivity contribution >= 4 is 11.8 Å². The molecule has 2 nitrogen and oxygen atoms in total. The summed E-state index contributed by atoms with van der Waals surface area (Å²) in [5.41, 5.74) is 0.0463. The highest BCUT2D eigenvalue weighted by Gasteiger charge is 2.20. The average Bonchev–Trinajstić information content (AvgIpc) is 2.14. The molecule has 0 saturated carbocycles. The molecule has 1 aliphatic heterocycles. The maximum atomic E-state index is 8.54. The molecule has 1 heterocycles. The van der Waals surface area contributed by atoms with E-state index in [1.54, 1.807) is 11.8 Å². The van der Waals surface area contributed by atoms with E-state index in [1.165, 1.54) is 0 Å². The molecule has 0 aromatic heterocycles. The van der Waals surface area contributed by atoms with Gasteiger partial charge in [0.05, 0.1) is 12.7 Å². The molecule has 0 unspecified atom stereocenters. The lowest BCUT2D eigenvalue weighted by Crippen LogP contribution is -2.10. The summed E-state index contributed by atoms with van der Waals surface area (Å²) in [5.74, 6) is 1.02. The zero-order valence-corrected chi connectivity index (χ0v) is 5.65. The Morgan fingerprint density at radius 2 is 2.62 bits per heavy atom. The van der Waals surface area contributed by atoms with E-state index in [9.17, 15) is 0 Å². The predicted octanol–water partition coefficient (Wildman–Crippen LogP) is 0.457. The number of ether oxygens (including phenoxy) is 1. The van der Waals surface area contributed by atoms with E-state index in [0.29, 0.717) is 6.10 Å². The number of hydrogen-bond acceptors (Lipinski definition) is 3. The van der Waals surface area contributed by atoms with Crippen molar-refractivity contribution in [1.82, 2.24) is 0 Å². The lowest BCUT2D eigenvalue weighted by atomic mass is 10.5. The second-order valence-corrected chi connectivity index (χ2v) is 3.08. The van der Waals surface area contributed by atoms with Gasteiger partial charge in [-0.15, -0.1) is 11.8 Å². The molecule has 1 N–H and O–H groups in total. The highest BCUT2D eigenvalue weighted by molar-refractivity contribution is 8.00. The molecule has 1 rings (SSSR count). The van der Waals surface area contributed by atoms with Gasteiger partial charge in [0, 0.05) is 5.75 Å². The molecule has 8 heavy (non-hydrogen) atoms. The summed E-state index contributed by atoms with van der Waals surface area (Å²) in [6.45, 7) is 2.16. The largest absolute Gasteiger partial charge is 0.393 e. The number of thioether (sulfide) groups is 1. The molecule has 0 bridgehead atoms. The first-order valence-corrected chi connectivity index (χ1v) is 3.75. The SMILES string of the molecule is C[C@H]1CS[C@@H](CO)O1. The van der Waals surface area contributed by atoms with Crippen LogP contribution in [0.15, 0.2) is 0 Å². The van der Waals surface area contributed by atoms with E-state index < -0.39 is 0 Å². The predicted molar refractivity (Wildman–Crippen MR) is 33.9 cm³/mol. The van der Waals surface area contributed by atoms with Gasteiger partial charge in [0.25, 0.3) is 0 Å². The molecule has 0 aromatic carbocycles. The highest BCUT2D eigenvalue weighted by atomic mass is 32.2. The second kappa shape index (κ2) is 2.71. The smallest absolute Gasteiger partial charge is 0.126 e. The molecule has 0 aromatic rings. The minimum atomic E-state index is 0.0463. The second-order valence-electron chi connectivity index (χ2n) is 1.89. The van der Waals surface area contributed by atoms with Crippen LogP contribution >= 0.6 is 11.8 Å². The van der Waals surface area contributed by atoms with Gasteiger partial charge in [0.1, 0.15) is 5.44 Å². The standard InChI is InChI=1S/C5H10O2S/c1-4-3-8-5(2-6)7-4/h4-6H,2-3H2,1H3/t4-,5-/m0/s1. The third-order valence-corrected chi connectivity index (χ3v) is 2.34. The lowest BCUT2D eigenvalue weighted by Gasteiger charge is -2.03. The zero-order valence-electron chi connectivity index (χ0n) is 4.83. The van der Waals surface area contributed by atoms with Crippen LogP contribution in [-0.2, 0) is 4.74 Å². The first-order valence-electron chi connectivity index (χ1n) is 2.71. The van der Waals surface area contributed by atoms with Crippen molar-refractivity contribution in [3.8, 4) is 0 Å². The van der Waals surface area contributed by atoms with E-state index in [4.69, 9.17) is 9.84 Å². The Hall–Kier alpha value is 0.270. The molecule has 0 aliphatic carbocycles. The summed E-state index contributed by atoms with van der Waals surface area (Å²) >= 11 is 1.68. The van der Waals surface area contributed by atoms with Crippen molar-refractivity contribution in [3.05, 3.63) is 0 Å². The van der Waals surface area contributed by atoms with Crippen molar-refractivity contribution in [2.24, 2.45) is 0 Å². The van der Waals surface area contributed by atoms with Crippen molar-refractivity contribution in [2.75, 3.05) is 12.4 Å². The molecular formula is C5H10O2S. The van der Waals surface area contributed by atoms with Gasteiger partial charge in [-0.3, -0.25) is 0 Å². The van der Waals surface area contributed by atoms with Crippen LogP contribution in [0.4, 0.5) is 0 Å². The summed E-state index contributed by atoms with van der Waals surface area (Å²) in [5, 5.41) is 8.54. The van der Waals surface area contributed by atoms with Gasteiger partial charge in [0.2, 0.25) is 0 Å². The van der Waals surface area contributed by atoms with Crippen molar-refractivity contribution in [2.45, 2.75) is 18.5 Å². The Morgan fingerprint density at radius 1 is 1.88 bits per heavy atom. The molecule has 0 amide bonds. The van der Waals surface area contributed by atoms with Crippen LogP contribution in [0.2, 0.25) is 0 Å². The Balaban J connectivity index is 2.22. The van der Waals surface area contributed by atoms with E-state index in [1.807, 2.05) is 6.92 Å². The van der Waals surface area contributed by atoms with Crippen molar-refractivity contribution in [1.29, 1.82) is 0 Å². The molecule has 1 saturated heterocycles. The molecule has 3 heteroatoms. The lowest BCUT2D eigenvalue weighted by molar-refractivity contribution is 0.0445. The van der Waals surface area contributed by atoms with E-state index >= 15 is 0 Å². The average molecular weight is 134 g/mol. The van der Waals surface area contributed by atoms with Crippen LogP contribution in [0.25, 0.3) is 0 Å². The minimum absolute atomic E-state index is 0.0463. The number of aliphatic hydroxyl groups is 1. The Kier molecular flexibility index (Phi) is 2.16. The quantitative estimate of drug-likeness (QED) is 0.565. The van der Waals surface area contributed by atoms with Gasteiger partial charge in [-0.05, 0) is 6.92 Å². The fourth-order valence-corrected chi connectivity index (χ4v) is 1.61. The minimum Gasteiger partial charge on any atom is -0.393 e. The zero-order chi connectivity index (χ0) is 5.98. The molecule has 2 atom stereocenters. The summed E-state index contributed by atoms with van der Waals surface area (Å²) in [6, 6.07) is 0. The maximum Gasteiger partial charge on any atom is 0.126 e. The van der Waals surface area contributed by atoms with Crippen LogP contribution in [0.3, 0.4) is 0 Å². The molecule has 48 valence electrons. The monoisotopic (exact) mass is 134 g/mol. The van der Waals surface area contributed by atoms with Gasteiger partial charge >= 0.3 is 0 Å². The van der Waals surface area contributed by atoms with Gasteiger partial charge in [-0.25, -0.2) is 0 Å². The van der Waals surface area contributed by atoms with E-state index in [-0.39, 0.29) is 12.0 Å². The highest BCUT2D eigenvalue weighted by Crippen LogP contribution is 2.23. The Bertz CT molecular complexity index is 76.8. The normalized spacial score (nSPS) is 38.2.